The van der Waals surface area contributed by atoms with Crippen LogP contribution in [0.4, 0.5) is 5.69 Å². The maximum absolute atomic E-state index is 11.6. The molecule has 0 fully saturated rings. The number of hydrogen-bond donors (Lipinski definition) is 1. The second kappa shape index (κ2) is 5.98. The summed E-state index contributed by atoms with van der Waals surface area (Å²) in [7, 11) is 1.61. The Labute approximate surface area is 136 Å². The van der Waals surface area contributed by atoms with Crippen molar-refractivity contribution in [2.24, 2.45) is 10.9 Å². The zero-order valence-electron chi connectivity index (χ0n) is 11.7. The average Bonchev–Trinajstić information content (AvgIpc) is 2.42. The van der Waals surface area contributed by atoms with Crippen molar-refractivity contribution in [3.05, 3.63) is 38.9 Å². The lowest BCUT2D eigenvalue weighted by molar-refractivity contribution is -0.384. The second-order valence-corrected chi connectivity index (χ2v) is 5.65. The van der Waals surface area contributed by atoms with Gasteiger partial charge in [0.1, 0.15) is 10.9 Å². The van der Waals surface area contributed by atoms with Gasteiger partial charge in [-0.1, -0.05) is 17.7 Å². The van der Waals surface area contributed by atoms with Crippen molar-refractivity contribution in [3.63, 3.8) is 0 Å². The van der Waals surface area contributed by atoms with Crippen molar-refractivity contribution >= 4 is 46.3 Å². The first-order valence-electron chi connectivity index (χ1n) is 6.22. The number of carboxylic acids is 1. The third-order valence-corrected chi connectivity index (χ3v) is 4.23. The van der Waals surface area contributed by atoms with Gasteiger partial charge in [-0.15, -0.1) is 0 Å². The van der Waals surface area contributed by atoms with Crippen LogP contribution in [0, 0.1) is 16.0 Å². The Kier molecular flexibility index (Phi) is 4.43. The van der Waals surface area contributed by atoms with Crippen LogP contribution in [0.3, 0.4) is 0 Å². The van der Waals surface area contributed by atoms with E-state index in [9.17, 15) is 20.0 Å². The van der Waals surface area contributed by atoms with Gasteiger partial charge in [0.15, 0.2) is 5.11 Å². The first-order chi connectivity index (χ1) is 10.2. The van der Waals surface area contributed by atoms with Gasteiger partial charge in [-0.2, -0.15) is 0 Å². The number of benzene rings is 1. The number of thiocarbonyl (C=S) groups is 1. The van der Waals surface area contributed by atoms with Crippen molar-refractivity contribution in [1.29, 1.82) is 0 Å². The topological polar surface area (TPSA) is 96.0 Å². The summed E-state index contributed by atoms with van der Waals surface area (Å²) in [6.07, 6.45) is 0. The molecular formula is C13H12ClN3O4S. The third kappa shape index (κ3) is 2.79. The maximum atomic E-state index is 11.6. The molecule has 1 aromatic rings. The fourth-order valence-corrected chi connectivity index (χ4v) is 2.90. The molecular weight excluding hydrogens is 330 g/mol. The molecule has 0 saturated heterocycles. The smallest absolute Gasteiger partial charge is 0.314 e. The molecule has 0 saturated carbocycles. The normalized spacial score (nSPS) is 21.5. The Morgan fingerprint density at radius 3 is 2.73 bits per heavy atom. The third-order valence-electron chi connectivity index (χ3n) is 3.53. The molecule has 0 spiro atoms. The monoisotopic (exact) mass is 341 g/mol. The van der Waals surface area contributed by atoms with Crippen molar-refractivity contribution < 1.29 is 14.8 Å². The zero-order chi connectivity index (χ0) is 16.6. The fraction of sp³-hybridized carbons (Fsp3) is 0.308. The summed E-state index contributed by atoms with van der Waals surface area (Å²) in [5.74, 6) is -2.02. The Bertz CT molecular complexity index is 707. The van der Waals surface area contributed by atoms with E-state index in [4.69, 9.17) is 23.8 Å². The highest BCUT2D eigenvalue weighted by atomic mass is 35.5. The quantitative estimate of drug-likeness (QED) is 0.516. The lowest BCUT2D eigenvalue weighted by atomic mass is 9.87. The molecule has 116 valence electrons. The predicted octanol–water partition coefficient (Wildman–Crippen LogP) is 2.68. The first kappa shape index (κ1) is 16.3. The van der Waals surface area contributed by atoms with E-state index in [1.54, 1.807) is 20.0 Å². The highest BCUT2D eigenvalue weighted by Crippen LogP contribution is 2.36. The number of aliphatic carboxylic acids is 1. The van der Waals surface area contributed by atoms with E-state index in [1.165, 1.54) is 17.0 Å². The number of halogens is 1. The number of rotatable bonds is 3. The van der Waals surface area contributed by atoms with Crippen molar-refractivity contribution in [3.8, 4) is 0 Å². The Balaban J connectivity index is 2.59. The molecule has 1 heterocycles. The van der Waals surface area contributed by atoms with Crippen LogP contribution in [-0.4, -0.2) is 38.8 Å². The largest absolute Gasteiger partial charge is 0.481 e. The number of nitrogens with zero attached hydrogens (tertiary/aromatic N) is 3. The standard InChI is InChI=1S/C13H12ClN3O4S/c1-6-10(12(18)19)11(16(2)13(22)15-6)7-3-4-8(14)9(5-7)17(20)21/h3-5,10-11H,1-2H3,(H,18,19). The fourth-order valence-electron chi connectivity index (χ4n) is 2.45. The first-order valence-corrected chi connectivity index (χ1v) is 7.01. The molecule has 22 heavy (non-hydrogen) atoms. The molecule has 0 amide bonds. The molecule has 0 radical (unpaired) electrons. The van der Waals surface area contributed by atoms with Gasteiger partial charge in [0.2, 0.25) is 0 Å². The number of aliphatic imine (C=N–C) groups is 1. The molecule has 1 aliphatic heterocycles. The average molecular weight is 342 g/mol. The Morgan fingerprint density at radius 2 is 2.18 bits per heavy atom. The van der Waals surface area contributed by atoms with Gasteiger partial charge in [0.05, 0.1) is 11.0 Å². The number of nitro benzene ring substituents is 1. The van der Waals surface area contributed by atoms with Crippen LogP contribution < -0.4 is 0 Å². The molecule has 9 heteroatoms. The van der Waals surface area contributed by atoms with Crippen molar-refractivity contribution in [1.82, 2.24) is 4.90 Å². The summed E-state index contributed by atoms with van der Waals surface area (Å²) in [4.78, 5) is 27.6. The summed E-state index contributed by atoms with van der Waals surface area (Å²) >= 11 is 10.9. The van der Waals surface area contributed by atoms with E-state index in [1.807, 2.05) is 0 Å². The van der Waals surface area contributed by atoms with E-state index in [0.29, 0.717) is 11.3 Å². The van der Waals surface area contributed by atoms with Gasteiger partial charge >= 0.3 is 5.97 Å². The highest BCUT2D eigenvalue weighted by Gasteiger charge is 2.39. The van der Waals surface area contributed by atoms with Crippen LogP contribution in [0.5, 0.6) is 0 Å². The summed E-state index contributed by atoms with van der Waals surface area (Å²) in [5, 5.41) is 20.7. The van der Waals surface area contributed by atoms with Gasteiger partial charge in [-0.25, -0.2) is 4.99 Å². The van der Waals surface area contributed by atoms with E-state index in [0.717, 1.165) is 0 Å². The van der Waals surface area contributed by atoms with Crippen LogP contribution in [0.15, 0.2) is 23.2 Å². The van der Waals surface area contributed by atoms with E-state index < -0.39 is 22.9 Å². The minimum Gasteiger partial charge on any atom is -0.481 e. The van der Waals surface area contributed by atoms with E-state index in [-0.39, 0.29) is 15.8 Å². The van der Waals surface area contributed by atoms with Gasteiger partial charge < -0.3 is 10.0 Å². The number of carboxylic acid groups (broad SMARTS) is 1. The Morgan fingerprint density at radius 1 is 1.55 bits per heavy atom. The molecule has 1 aliphatic rings. The van der Waals surface area contributed by atoms with Gasteiger partial charge in [-0.05, 0) is 30.8 Å². The van der Waals surface area contributed by atoms with E-state index in [2.05, 4.69) is 4.99 Å². The summed E-state index contributed by atoms with van der Waals surface area (Å²) in [6.45, 7) is 1.58. The molecule has 7 nitrogen and oxygen atoms in total. The molecule has 2 unspecified atom stereocenters. The SMILES string of the molecule is CC1=NC(=S)N(C)C(c2ccc(Cl)c([N+](=O)[O-])c2)C1C(=O)O. The number of nitro groups is 1. The second-order valence-electron chi connectivity index (χ2n) is 4.88. The van der Waals surface area contributed by atoms with Crippen LogP contribution >= 0.6 is 23.8 Å². The van der Waals surface area contributed by atoms with Crippen LogP contribution in [0.25, 0.3) is 0 Å². The van der Waals surface area contributed by atoms with Crippen molar-refractivity contribution in [2.75, 3.05) is 7.05 Å². The molecule has 0 bridgehead atoms. The molecule has 2 atom stereocenters. The highest BCUT2D eigenvalue weighted by molar-refractivity contribution is 7.80. The lowest BCUT2D eigenvalue weighted by Crippen LogP contribution is -2.44. The van der Waals surface area contributed by atoms with E-state index >= 15 is 0 Å². The van der Waals surface area contributed by atoms with Gasteiger partial charge in [-0.3, -0.25) is 14.9 Å². The minimum absolute atomic E-state index is 0.00736. The molecule has 2 rings (SSSR count). The van der Waals surface area contributed by atoms with Gasteiger partial charge in [0.25, 0.3) is 5.69 Å². The molecule has 1 N–H and O–H groups in total. The van der Waals surface area contributed by atoms with Gasteiger partial charge in [0, 0.05) is 18.8 Å². The van der Waals surface area contributed by atoms with Crippen LogP contribution in [-0.2, 0) is 4.79 Å². The zero-order valence-corrected chi connectivity index (χ0v) is 13.3. The minimum atomic E-state index is -1.07. The predicted molar refractivity (Wildman–Crippen MR) is 85.4 cm³/mol. The van der Waals surface area contributed by atoms with Crippen LogP contribution in [0.1, 0.15) is 18.5 Å². The van der Waals surface area contributed by atoms with Crippen molar-refractivity contribution in [2.45, 2.75) is 13.0 Å². The van der Waals surface area contributed by atoms with Crippen LogP contribution in [0.2, 0.25) is 5.02 Å². The summed E-state index contributed by atoms with van der Waals surface area (Å²) in [5.41, 5.74) is 0.531. The number of carbonyl (C=O) groups is 1. The lowest BCUT2D eigenvalue weighted by Gasteiger charge is -2.37. The molecule has 1 aromatic carbocycles. The Hall–Kier alpha value is -2.06. The molecule has 0 aromatic heterocycles. The maximum Gasteiger partial charge on any atom is 0.314 e. The molecule has 0 aliphatic carbocycles. The summed E-state index contributed by atoms with van der Waals surface area (Å²) in [6, 6.07) is 3.54. The summed E-state index contributed by atoms with van der Waals surface area (Å²) < 4.78 is 0. The number of hydrogen-bond acceptors (Lipinski definition) is 4.